The summed E-state index contributed by atoms with van der Waals surface area (Å²) in [6, 6.07) is 6.66. The van der Waals surface area contributed by atoms with Crippen LogP contribution in [0.5, 0.6) is 0 Å². The lowest BCUT2D eigenvalue weighted by molar-refractivity contribution is -0.384. The fourth-order valence-electron chi connectivity index (χ4n) is 3.58. The van der Waals surface area contributed by atoms with Crippen molar-refractivity contribution in [1.82, 2.24) is 15.0 Å². The van der Waals surface area contributed by atoms with Crippen LogP contribution >= 0.6 is 0 Å². The van der Waals surface area contributed by atoms with Gasteiger partial charge in [0, 0.05) is 38.4 Å². The van der Waals surface area contributed by atoms with Gasteiger partial charge in [0.05, 0.1) is 16.9 Å². The predicted molar refractivity (Wildman–Crippen MR) is 102 cm³/mol. The summed E-state index contributed by atoms with van der Waals surface area (Å²) in [6.07, 6.45) is 4.23. The fraction of sp³-hybridized carbons (Fsp3) is 0.278. The Bertz CT molecular complexity index is 1060. The van der Waals surface area contributed by atoms with Crippen LogP contribution in [0.25, 0.3) is 15.9 Å². The molecule has 4 rings (SSSR count). The minimum Gasteiger partial charge on any atom is -0.364 e. The van der Waals surface area contributed by atoms with Crippen molar-refractivity contribution in [3.8, 4) is 0 Å². The molecule has 1 saturated heterocycles. The molecule has 1 aromatic carbocycles. The fourth-order valence-corrected chi connectivity index (χ4v) is 3.58. The minimum absolute atomic E-state index is 0.0421. The maximum atomic E-state index is 11.5. The van der Waals surface area contributed by atoms with Crippen LogP contribution in [-0.4, -0.2) is 46.1 Å². The molecule has 136 valence electrons. The van der Waals surface area contributed by atoms with E-state index in [0.29, 0.717) is 12.2 Å². The van der Waals surface area contributed by atoms with E-state index in [2.05, 4.69) is 24.7 Å². The first-order valence-corrected chi connectivity index (χ1v) is 8.50. The Morgan fingerprint density at radius 1 is 1.41 bits per heavy atom. The highest BCUT2D eigenvalue weighted by Gasteiger charge is 2.30. The van der Waals surface area contributed by atoms with Crippen LogP contribution in [0.3, 0.4) is 0 Å². The molecule has 1 fully saturated rings. The van der Waals surface area contributed by atoms with Gasteiger partial charge in [-0.05, 0) is 18.6 Å². The minimum atomic E-state index is -0.430. The lowest BCUT2D eigenvalue weighted by atomic mass is 10.1. The molecule has 3 aromatic rings. The van der Waals surface area contributed by atoms with Gasteiger partial charge in [0.15, 0.2) is 5.69 Å². The number of benzene rings is 1. The van der Waals surface area contributed by atoms with E-state index in [9.17, 15) is 10.1 Å². The number of nitrogens with one attached hydrogen (secondary N) is 1. The van der Waals surface area contributed by atoms with Crippen molar-refractivity contribution in [3.63, 3.8) is 0 Å². The van der Waals surface area contributed by atoms with Crippen molar-refractivity contribution < 1.29 is 4.92 Å². The lowest BCUT2D eigenvalue weighted by Gasteiger charge is -2.27. The summed E-state index contributed by atoms with van der Waals surface area (Å²) < 4.78 is 0. The average Bonchev–Trinajstić information content (AvgIpc) is 3.36. The Labute approximate surface area is 155 Å². The zero-order valence-corrected chi connectivity index (χ0v) is 14.7. The standard InChI is InChI=1S/C18H17N7O2/c1-19-12-3-4-15(16(9-12)25(26)27)23(2)13-6-8-24(10-13)18-14-5-7-20-17(14)21-11-22-18/h3-5,7,9,11,13H,6,8,10H2,2H3,(H,20,21,22)/t13-/m1/s1. The Hall–Kier alpha value is -3.67. The van der Waals surface area contributed by atoms with Crippen LogP contribution < -0.4 is 9.80 Å². The highest BCUT2D eigenvalue weighted by molar-refractivity contribution is 5.87. The molecule has 1 atom stereocenters. The van der Waals surface area contributed by atoms with E-state index in [-0.39, 0.29) is 17.4 Å². The molecule has 0 amide bonds. The summed E-state index contributed by atoms with van der Waals surface area (Å²) >= 11 is 0. The number of hydrogen-bond acceptors (Lipinski definition) is 6. The number of nitro benzene ring substituents is 1. The second-order valence-electron chi connectivity index (χ2n) is 6.48. The highest BCUT2D eigenvalue weighted by Crippen LogP contribution is 2.35. The van der Waals surface area contributed by atoms with E-state index >= 15 is 0 Å². The number of rotatable bonds is 4. The smallest absolute Gasteiger partial charge is 0.282 e. The second kappa shape index (κ2) is 6.57. The number of anilines is 2. The number of H-pyrrole nitrogens is 1. The molecule has 1 aliphatic rings. The first-order valence-electron chi connectivity index (χ1n) is 8.50. The first kappa shape index (κ1) is 16.8. The van der Waals surface area contributed by atoms with Crippen molar-refractivity contribution in [2.24, 2.45) is 0 Å². The Kier molecular flexibility index (Phi) is 4.08. The molecular formula is C18H17N7O2. The number of hydrogen-bond donors (Lipinski definition) is 1. The number of nitrogens with zero attached hydrogens (tertiary/aromatic N) is 6. The van der Waals surface area contributed by atoms with Gasteiger partial charge in [-0.1, -0.05) is 6.07 Å². The average molecular weight is 363 g/mol. The lowest BCUT2D eigenvalue weighted by Crippen LogP contribution is -2.35. The van der Waals surface area contributed by atoms with Crippen LogP contribution in [0.4, 0.5) is 22.9 Å². The van der Waals surface area contributed by atoms with Crippen LogP contribution in [0, 0.1) is 16.7 Å². The summed E-state index contributed by atoms with van der Waals surface area (Å²) in [7, 11) is 1.86. The van der Waals surface area contributed by atoms with Gasteiger partial charge < -0.3 is 14.8 Å². The quantitative estimate of drug-likeness (QED) is 0.435. The van der Waals surface area contributed by atoms with Gasteiger partial charge in [-0.25, -0.2) is 14.8 Å². The molecule has 1 N–H and O–H groups in total. The van der Waals surface area contributed by atoms with Crippen LogP contribution in [0.15, 0.2) is 36.8 Å². The van der Waals surface area contributed by atoms with E-state index in [0.717, 1.165) is 29.8 Å². The number of nitro groups is 1. The van der Waals surface area contributed by atoms with Gasteiger partial charge >= 0.3 is 0 Å². The highest BCUT2D eigenvalue weighted by atomic mass is 16.6. The van der Waals surface area contributed by atoms with Crippen molar-refractivity contribution in [1.29, 1.82) is 0 Å². The van der Waals surface area contributed by atoms with Gasteiger partial charge in [-0.15, -0.1) is 0 Å². The maximum Gasteiger partial charge on any atom is 0.282 e. The third-order valence-electron chi connectivity index (χ3n) is 5.01. The van der Waals surface area contributed by atoms with Crippen LogP contribution in [0.2, 0.25) is 0 Å². The summed E-state index contributed by atoms with van der Waals surface area (Å²) in [5.74, 6) is 0.870. The van der Waals surface area contributed by atoms with E-state index in [4.69, 9.17) is 6.57 Å². The summed E-state index contributed by atoms with van der Waals surface area (Å²) in [5.41, 5.74) is 1.54. The van der Waals surface area contributed by atoms with Crippen molar-refractivity contribution in [2.75, 3.05) is 29.9 Å². The van der Waals surface area contributed by atoms with E-state index < -0.39 is 4.92 Å². The first-order chi connectivity index (χ1) is 13.1. The van der Waals surface area contributed by atoms with Gasteiger partial charge in [-0.3, -0.25) is 10.1 Å². The monoisotopic (exact) mass is 363 g/mol. The van der Waals surface area contributed by atoms with Crippen molar-refractivity contribution in [2.45, 2.75) is 12.5 Å². The largest absolute Gasteiger partial charge is 0.364 e. The summed E-state index contributed by atoms with van der Waals surface area (Å²) in [5, 5.41) is 12.4. The maximum absolute atomic E-state index is 11.5. The normalized spacial score (nSPS) is 16.4. The van der Waals surface area contributed by atoms with Crippen molar-refractivity contribution >= 4 is 33.9 Å². The molecule has 0 spiro atoms. The molecule has 0 radical (unpaired) electrons. The zero-order chi connectivity index (χ0) is 19.0. The molecule has 9 nitrogen and oxygen atoms in total. The Balaban J connectivity index is 1.60. The molecule has 2 aromatic heterocycles. The Morgan fingerprint density at radius 2 is 2.26 bits per heavy atom. The Morgan fingerprint density at radius 3 is 3.04 bits per heavy atom. The predicted octanol–water partition coefficient (Wildman–Crippen LogP) is 3.13. The van der Waals surface area contributed by atoms with Gasteiger partial charge in [-0.2, -0.15) is 0 Å². The molecular weight excluding hydrogens is 346 g/mol. The van der Waals surface area contributed by atoms with E-state index in [1.807, 2.05) is 24.2 Å². The molecule has 9 heteroatoms. The van der Waals surface area contributed by atoms with Gasteiger partial charge in [0.2, 0.25) is 0 Å². The molecule has 0 aliphatic carbocycles. The second-order valence-corrected chi connectivity index (χ2v) is 6.48. The summed E-state index contributed by atoms with van der Waals surface area (Å²) in [4.78, 5) is 30.2. The molecule has 1 aliphatic heterocycles. The topological polar surface area (TPSA) is 95.6 Å². The zero-order valence-electron chi connectivity index (χ0n) is 14.7. The van der Waals surface area contributed by atoms with E-state index in [1.54, 1.807) is 18.5 Å². The van der Waals surface area contributed by atoms with Crippen LogP contribution in [-0.2, 0) is 0 Å². The number of likely N-dealkylation sites (N-methyl/N-ethyl adjacent to an activating group) is 1. The van der Waals surface area contributed by atoms with E-state index in [1.165, 1.54) is 6.07 Å². The molecule has 3 heterocycles. The SMILES string of the molecule is [C-]#[N+]c1ccc(N(C)[C@@H]2CCN(c3ncnc4[nH]ccc34)C2)c([N+](=O)[O-])c1. The van der Waals surface area contributed by atoms with Gasteiger partial charge in [0.1, 0.15) is 23.5 Å². The number of fused-ring (bicyclic) bond motifs is 1. The molecule has 0 saturated carbocycles. The van der Waals surface area contributed by atoms with Crippen LogP contribution in [0.1, 0.15) is 6.42 Å². The number of aromatic nitrogens is 3. The molecule has 0 bridgehead atoms. The third kappa shape index (κ3) is 2.91. The molecule has 0 unspecified atom stereocenters. The molecule has 27 heavy (non-hydrogen) atoms. The summed E-state index contributed by atoms with van der Waals surface area (Å²) in [6.45, 7) is 8.58. The number of aromatic amines is 1. The van der Waals surface area contributed by atoms with Crippen molar-refractivity contribution in [3.05, 3.63) is 58.3 Å². The van der Waals surface area contributed by atoms with Gasteiger partial charge in [0.25, 0.3) is 5.69 Å². The third-order valence-corrected chi connectivity index (χ3v) is 5.01.